The van der Waals surface area contributed by atoms with Crippen LogP contribution in [0.3, 0.4) is 0 Å². The summed E-state index contributed by atoms with van der Waals surface area (Å²) in [4.78, 5) is 16.1. The molecular weight excluding hydrogens is 285 g/mol. The Bertz CT molecular complexity index is 595. The molecular formula is C13H13Cl2N3O. The molecule has 2 rings (SSSR count). The summed E-state index contributed by atoms with van der Waals surface area (Å²) in [7, 11) is 0. The lowest BCUT2D eigenvalue weighted by atomic mass is 10.3. The number of rotatable bonds is 4. The van der Waals surface area contributed by atoms with Gasteiger partial charge in [-0.1, -0.05) is 30.1 Å². The fourth-order valence-electron chi connectivity index (χ4n) is 1.76. The van der Waals surface area contributed by atoms with Crippen LogP contribution in [0.25, 0.3) is 0 Å². The van der Waals surface area contributed by atoms with Crippen molar-refractivity contribution in [1.29, 1.82) is 0 Å². The van der Waals surface area contributed by atoms with Crippen LogP contribution in [0.5, 0.6) is 0 Å². The normalized spacial score (nSPS) is 10.5. The molecule has 0 saturated heterocycles. The Morgan fingerprint density at radius 1 is 1.47 bits per heavy atom. The fraction of sp³-hybridized carbons (Fsp3) is 0.231. The first-order valence-corrected chi connectivity index (χ1v) is 6.65. The number of aromatic nitrogens is 2. The third kappa shape index (κ3) is 3.28. The molecule has 0 fully saturated rings. The summed E-state index contributed by atoms with van der Waals surface area (Å²) in [6.07, 6.45) is 4.22. The first-order valence-electron chi connectivity index (χ1n) is 5.89. The summed E-state index contributed by atoms with van der Waals surface area (Å²) in [5, 5.41) is 3.52. The van der Waals surface area contributed by atoms with Crippen molar-refractivity contribution in [1.82, 2.24) is 9.55 Å². The highest BCUT2D eigenvalue weighted by Gasteiger charge is 2.14. The predicted octanol–water partition coefficient (Wildman–Crippen LogP) is 3.85. The zero-order valence-electron chi connectivity index (χ0n) is 10.4. The van der Waals surface area contributed by atoms with Gasteiger partial charge in [-0.2, -0.15) is 0 Å². The van der Waals surface area contributed by atoms with Gasteiger partial charge >= 0.3 is 0 Å². The molecule has 0 bridgehead atoms. The van der Waals surface area contributed by atoms with Crippen molar-refractivity contribution >= 4 is 34.8 Å². The monoisotopic (exact) mass is 297 g/mol. The second-order valence-corrected chi connectivity index (χ2v) is 4.83. The van der Waals surface area contributed by atoms with Gasteiger partial charge in [-0.05, 0) is 24.6 Å². The summed E-state index contributed by atoms with van der Waals surface area (Å²) < 4.78 is 1.82. The van der Waals surface area contributed by atoms with Crippen molar-refractivity contribution in [3.8, 4) is 0 Å². The maximum absolute atomic E-state index is 12.2. The van der Waals surface area contributed by atoms with Gasteiger partial charge in [0.15, 0.2) is 5.15 Å². The zero-order chi connectivity index (χ0) is 13.8. The van der Waals surface area contributed by atoms with Gasteiger partial charge in [0.1, 0.15) is 5.69 Å². The molecule has 0 saturated carbocycles. The summed E-state index contributed by atoms with van der Waals surface area (Å²) in [6.45, 7) is 2.77. The number of hydrogen-bond acceptors (Lipinski definition) is 2. The van der Waals surface area contributed by atoms with Gasteiger partial charge in [0.25, 0.3) is 5.91 Å². The minimum atomic E-state index is -0.254. The highest BCUT2D eigenvalue weighted by molar-refractivity contribution is 6.33. The number of carbonyl (C=O) groups is 1. The molecule has 0 radical (unpaired) electrons. The topological polar surface area (TPSA) is 46.9 Å². The van der Waals surface area contributed by atoms with Gasteiger partial charge in [-0.15, -0.1) is 0 Å². The van der Waals surface area contributed by atoms with Gasteiger partial charge in [-0.3, -0.25) is 4.79 Å². The summed E-state index contributed by atoms with van der Waals surface area (Å²) in [6, 6.07) is 5.04. The van der Waals surface area contributed by atoms with Crippen molar-refractivity contribution in [2.45, 2.75) is 19.9 Å². The molecule has 19 heavy (non-hydrogen) atoms. The third-order valence-corrected chi connectivity index (χ3v) is 3.08. The summed E-state index contributed by atoms with van der Waals surface area (Å²) in [5.41, 5.74) is 0.987. The average molecular weight is 298 g/mol. The van der Waals surface area contributed by atoms with E-state index in [1.807, 2.05) is 11.5 Å². The molecule has 6 heteroatoms. The molecule has 0 aliphatic carbocycles. The standard InChI is InChI=1S/C13H13Cl2N3O/c1-2-6-18-8-9(14)7-11(18)13(19)17-10-4-3-5-16-12(10)15/h3-5,7-8H,2,6H2,1H3,(H,17,19). The Balaban J connectivity index is 2.23. The zero-order valence-corrected chi connectivity index (χ0v) is 11.9. The SMILES string of the molecule is CCCn1cc(Cl)cc1C(=O)Nc1cccnc1Cl. The molecule has 0 aromatic carbocycles. The molecule has 0 aliphatic rings. The maximum Gasteiger partial charge on any atom is 0.272 e. The molecule has 1 amide bonds. The van der Waals surface area contributed by atoms with Crippen LogP contribution in [-0.2, 0) is 6.54 Å². The van der Waals surface area contributed by atoms with Crippen molar-refractivity contribution in [2.24, 2.45) is 0 Å². The lowest BCUT2D eigenvalue weighted by molar-refractivity contribution is 0.101. The van der Waals surface area contributed by atoms with E-state index in [-0.39, 0.29) is 11.1 Å². The number of aryl methyl sites for hydroxylation is 1. The molecule has 0 aliphatic heterocycles. The number of pyridine rings is 1. The molecule has 0 spiro atoms. The number of anilines is 1. The maximum atomic E-state index is 12.2. The molecule has 2 aromatic heterocycles. The molecule has 2 aromatic rings. The van der Waals surface area contributed by atoms with Gasteiger partial charge in [0, 0.05) is 18.9 Å². The number of carbonyl (C=O) groups excluding carboxylic acids is 1. The number of hydrogen-bond donors (Lipinski definition) is 1. The third-order valence-electron chi connectivity index (χ3n) is 2.57. The van der Waals surface area contributed by atoms with Crippen LogP contribution in [0, 0.1) is 0 Å². The van der Waals surface area contributed by atoms with Gasteiger partial charge in [-0.25, -0.2) is 4.98 Å². The fourth-order valence-corrected chi connectivity index (χ4v) is 2.14. The lowest BCUT2D eigenvalue weighted by Crippen LogP contribution is -2.17. The number of nitrogens with zero attached hydrogens (tertiary/aromatic N) is 2. The van der Waals surface area contributed by atoms with Crippen LogP contribution in [-0.4, -0.2) is 15.5 Å². The van der Waals surface area contributed by atoms with E-state index < -0.39 is 0 Å². The van der Waals surface area contributed by atoms with Gasteiger partial charge in [0.2, 0.25) is 0 Å². The van der Waals surface area contributed by atoms with Gasteiger partial charge < -0.3 is 9.88 Å². The van der Waals surface area contributed by atoms with E-state index >= 15 is 0 Å². The smallest absolute Gasteiger partial charge is 0.272 e. The van der Waals surface area contributed by atoms with Gasteiger partial charge in [0.05, 0.1) is 10.7 Å². The molecule has 2 heterocycles. The van der Waals surface area contributed by atoms with Crippen molar-refractivity contribution in [3.63, 3.8) is 0 Å². The Hall–Kier alpha value is -1.52. The van der Waals surface area contributed by atoms with E-state index in [4.69, 9.17) is 23.2 Å². The van der Waals surface area contributed by atoms with Crippen LogP contribution in [0.2, 0.25) is 10.2 Å². The Morgan fingerprint density at radius 2 is 2.26 bits per heavy atom. The molecule has 0 unspecified atom stereocenters. The van der Waals surface area contributed by atoms with Crippen LogP contribution in [0.4, 0.5) is 5.69 Å². The van der Waals surface area contributed by atoms with Crippen LogP contribution in [0.1, 0.15) is 23.8 Å². The number of amides is 1. The first kappa shape index (κ1) is 13.9. The average Bonchev–Trinajstić information content (AvgIpc) is 2.74. The minimum Gasteiger partial charge on any atom is -0.342 e. The van der Waals surface area contributed by atoms with Crippen molar-refractivity contribution in [2.75, 3.05) is 5.32 Å². The quantitative estimate of drug-likeness (QED) is 0.871. The highest BCUT2D eigenvalue weighted by atomic mass is 35.5. The van der Waals surface area contributed by atoms with Crippen molar-refractivity contribution < 1.29 is 4.79 Å². The number of nitrogens with one attached hydrogen (secondary N) is 1. The Labute approximate surface area is 121 Å². The summed E-state index contributed by atoms with van der Waals surface area (Å²) in [5.74, 6) is -0.254. The van der Waals surface area contributed by atoms with E-state index in [1.54, 1.807) is 30.6 Å². The predicted molar refractivity (Wildman–Crippen MR) is 76.9 cm³/mol. The highest BCUT2D eigenvalue weighted by Crippen LogP contribution is 2.20. The van der Waals surface area contributed by atoms with Crippen LogP contribution < -0.4 is 5.32 Å². The van der Waals surface area contributed by atoms with E-state index in [9.17, 15) is 4.79 Å². The van der Waals surface area contributed by atoms with E-state index in [1.165, 1.54) is 0 Å². The molecule has 1 N–H and O–H groups in total. The lowest BCUT2D eigenvalue weighted by Gasteiger charge is -2.09. The molecule has 0 atom stereocenters. The Kier molecular flexibility index (Phi) is 4.45. The van der Waals surface area contributed by atoms with E-state index in [2.05, 4.69) is 10.3 Å². The van der Waals surface area contributed by atoms with Crippen LogP contribution in [0.15, 0.2) is 30.6 Å². The molecule has 4 nitrogen and oxygen atoms in total. The largest absolute Gasteiger partial charge is 0.342 e. The second kappa shape index (κ2) is 6.08. The minimum absolute atomic E-state index is 0.254. The number of halogens is 2. The van der Waals surface area contributed by atoms with E-state index in [0.29, 0.717) is 16.4 Å². The van der Waals surface area contributed by atoms with Crippen molar-refractivity contribution in [3.05, 3.63) is 46.5 Å². The Morgan fingerprint density at radius 3 is 2.95 bits per heavy atom. The second-order valence-electron chi connectivity index (χ2n) is 4.03. The summed E-state index contributed by atoms with van der Waals surface area (Å²) >= 11 is 11.8. The van der Waals surface area contributed by atoms with E-state index in [0.717, 1.165) is 13.0 Å². The molecule has 100 valence electrons. The van der Waals surface area contributed by atoms with Crippen LogP contribution >= 0.6 is 23.2 Å². The first-order chi connectivity index (χ1) is 9.11.